The SMILES string of the molecule is CN=C(NCC1CCCN(C)C1c1cccs1)N(C)Cc1csc(C(C)OC)n1. The molecule has 2 aromatic rings. The third-order valence-electron chi connectivity index (χ3n) is 5.61. The van der Waals surface area contributed by atoms with E-state index in [0.717, 1.165) is 29.8 Å². The summed E-state index contributed by atoms with van der Waals surface area (Å²) in [5.41, 5.74) is 1.05. The van der Waals surface area contributed by atoms with Crippen LogP contribution >= 0.6 is 22.7 Å². The van der Waals surface area contributed by atoms with Gasteiger partial charge in [0.2, 0.25) is 0 Å². The molecule has 3 heterocycles. The first-order valence-electron chi connectivity index (χ1n) is 10.2. The molecule has 1 saturated heterocycles. The van der Waals surface area contributed by atoms with E-state index in [1.807, 2.05) is 25.3 Å². The van der Waals surface area contributed by atoms with Gasteiger partial charge in [-0.25, -0.2) is 4.98 Å². The second kappa shape index (κ2) is 10.5. The van der Waals surface area contributed by atoms with Gasteiger partial charge in [-0.1, -0.05) is 6.07 Å². The highest BCUT2D eigenvalue weighted by Gasteiger charge is 2.31. The van der Waals surface area contributed by atoms with Gasteiger partial charge in [0.1, 0.15) is 11.1 Å². The number of hydrogen-bond donors (Lipinski definition) is 1. The van der Waals surface area contributed by atoms with Gasteiger partial charge in [0, 0.05) is 44.0 Å². The Labute approximate surface area is 182 Å². The number of aromatic nitrogens is 1. The summed E-state index contributed by atoms with van der Waals surface area (Å²) in [4.78, 5) is 15.3. The van der Waals surface area contributed by atoms with Crippen LogP contribution in [0.1, 0.15) is 47.5 Å². The molecular formula is C21H33N5OS2. The zero-order valence-corrected chi connectivity index (χ0v) is 19.7. The van der Waals surface area contributed by atoms with E-state index < -0.39 is 0 Å². The van der Waals surface area contributed by atoms with Crippen molar-refractivity contribution in [3.63, 3.8) is 0 Å². The first-order valence-corrected chi connectivity index (χ1v) is 11.9. The van der Waals surface area contributed by atoms with Crippen LogP contribution in [-0.2, 0) is 11.3 Å². The van der Waals surface area contributed by atoms with Crippen molar-refractivity contribution in [1.29, 1.82) is 0 Å². The van der Waals surface area contributed by atoms with Crippen LogP contribution in [-0.4, -0.2) is 62.1 Å². The molecule has 2 aromatic heterocycles. The van der Waals surface area contributed by atoms with Crippen molar-refractivity contribution in [3.05, 3.63) is 38.5 Å². The van der Waals surface area contributed by atoms with Crippen molar-refractivity contribution in [2.24, 2.45) is 10.9 Å². The molecule has 1 N–H and O–H groups in total. The fourth-order valence-corrected chi connectivity index (χ4v) is 5.82. The summed E-state index contributed by atoms with van der Waals surface area (Å²) in [6, 6.07) is 4.91. The summed E-state index contributed by atoms with van der Waals surface area (Å²) in [6.07, 6.45) is 2.53. The van der Waals surface area contributed by atoms with E-state index in [9.17, 15) is 0 Å². The maximum absolute atomic E-state index is 5.37. The van der Waals surface area contributed by atoms with E-state index >= 15 is 0 Å². The van der Waals surface area contributed by atoms with E-state index in [1.165, 1.54) is 24.3 Å². The molecule has 0 amide bonds. The molecule has 3 atom stereocenters. The Balaban J connectivity index is 1.59. The van der Waals surface area contributed by atoms with Gasteiger partial charge in [0.15, 0.2) is 5.96 Å². The number of piperidine rings is 1. The van der Waals surface area contributed by atoms with E-state index in [4.69, 9.17) is 9.72 Å². The first kappa shape index (κ1) is 22.2. The van der Waals surface area contributed by atoms with Gasteiger partial charge in [-0.05, 0) is 50.7 Å². The summed E-state index contributed by atoms with van der Waals surface area (Å²) >= 11 is 3.52. The van der Waals surface area contributed by atoms with Crippen LogP contribution in [0.25, 0.3) is 0 Å². The fraction of sp³-hybridized carbons (Fsp3) is 0.619. The van der Waals surface area contributed by atoms with E-state index in [0.29, 0.717) is 12.0 Å². The third kappa shape index (κ3) is 5.57. The molecule has 0 bridgehead atoms. The van der Waals surface area contributed by atoms with Gasteiger partial charge in [-0.3, -0.25) is 9.89 Å². The Morgan fingerprint density at radius 3 is 3.00 bits per heavy atom. The number of thiophene rings is 1. The monoisotopic (exact) mass is 435 g/mol. The number of hydrogen-bond acceptors (Lipinski definition) is 6. The molecule has 0 aromatic carbocycles. The summed E-state index contributed by atoms with van der Waals surface area (Å²) in [6.45, 7) is 4.84. The number of thiazole rings is 1. The molecule has 1 aliphatic rings. The van der Waals surface area contributed by atoms with Crippen molar-refractivity contribution in [3.8, 4) is 0 Å². The molecule has 0 saturated carbocycles. The Morgan fingerprint density at radius 2 is 2.31 bits per heavy atom. The molecule has 0 spiro atoms. The predicted molar refractivity (Wildman–Crippen MR) is 123 cm³/mol. The number of methoxy groups -OCH3 is 1. The summed E-state index contributed by atoms with van der Waals surface area (Å²) < 4.78 is 5.37. The molecule has 0 aliphatic carbocycles. The minimum absolute atomic E-state index is 0.0361. The molecule has 1 aliphatic heterocycles. The Bertz CT molecular complexity index is 776. The second-order valence-electron chi connectivity index (χ2n) is 7.68. The van der Waals surface area contributed by atoms with Crippen LogP contribution in [0.2, 0.25) is 0 Å². The average Bonchev–Trinajstić information content (AvgIpc) is 3.40. The maximum Gasteiger partial charge on any atom is 0.193 e. The Hall–Kier alpha value is -1.48. The van der Waals surface area contributed by atoms with Crippen LogP contribution < -0.4 is 5.32 Å². The lowest BCUT2D eigenvalue weighted by molar-refractivity contribution is 0.119. The highest BCUT2D eigenvalue weighted by molar-refractivity contribution is 7.10. The normalized spacial score (nSPS) is 21.9. The highest BCUT2D eigenvalue weighted by Crippen LogP contribution is 2.36. The van der Waals surface area contributed by atoms with Gasteiger partial charge in [0.05, 0.1) is 12.2 Å². The maximum atomic E-state index is 5.37. The van der Waals surface area contributed by atoms with Crippen molar-refractivity contribution in [2.75, 3.05) is 41.3 Å². The zero-order valence-electron chi connectivity index (χ0n) is 18.1. The number of nitrogens with zero attached hydrogens (tertiary/aromatic N) is 4. The molecule has 29 heavy (non-hydrogen) atoms. The van der Waals surface area contributed by atoms with E-state index in [2.05, 4.69) is 57.1 Å². The van der Waals surface area contributed by atoms with Gasteiger partial charge < -0.3 is 15.0 Å². The largest absolute Gasteiger partial charge is 0.375 e. The lowest BCUT2D eigenvalue weighted by Crippen LogP contribution is -2.45. The zero-order chi connectivity index (χ0) is 20.8. The molecule has 3 unspecified atom stereocenters. The number of aliphatic imine (C=N–C) groups is 1. The number of ether oxygens (including phenoxy) is 1. The topological polar surface area (TPSA) is 53.0 Å². The van der Waals surface area contributed by atoms with Gasteiger partial charge in [-0.15, -0.1) is 22.7 Å². The van der Waals surface area contributed by atoms with Crippen LogP contribution in [0.3, 0.4) is 0 Å². The quantitative estimate of drug-likeness (QED) is 0.526. The minimum Gasteiger partial charge on any atom is -0.375 e. The molecule has 6 nitrogen and oxygen atoms in total. The van der Waals surface area contributed by atoms with Crippen molar-refractivity contribution >= 4 is 28.6 Å². The Kier molecular flexibility index (Phi) is 8.06. The molecule has 8 heteroatoms. The standard InChI is InChI=1S/C21H33N5OS2/c1-15(27-5)20-24-17(14-29-20)13-26(4)21(22-2)23-12-16-8-6-10-25(3)19(16)18-9-7-11-28-18/h7,9,11,14-16,19H,6,8,10,12-13H2,1-5H3,(H,22,23). The fourth-order valence-electron chi connectivity index (χ4n) is 3.99. The summed E-state index contributed by atoms with van der Waals surface area (Å²) in [7, 11) is 7.88. The summed E-state index contributed by atoms with van der Waals surface area (Å²) in [5.74, 6) is 1.49. The van der Waals surface area contributed by atoms with Crippen LogP contribution in [0.4, 0.5) is 0 Å². The van der Waals surface area contributed by atoms with Crippen molar-refractivity contribution < 1.29 is 4.74 Å². The lowest BCUT2D eigenvalue weighted by atomic mass is 9.88. The van der Waals surface area contributed by atoms with Crippen molar-refractivity contribution in [2.45, 2.75) is 38.5 Å². The van der Waals surface area contributed by atoms with E-state index in [-0.39, 0.29) is 6.10 Å². The molecular weight excluding hydrogens is 402 g/mol. The number of nitrogens with one attached hydrogen (secondary N) is 1. The van der Waals surface area contributed by atoms with Crippen LogP contribution in [0.15, 0.2) is 27.9 Å². The number of likely N-dealkylation sites (tertiary alicyclic amines) is 1. The Morgan fingerprint density at radius 1 is 1.48 bits per heavy atom. The van der Waals surface area contributed by atoms with Crippen molar-refractivity contribution in [1.82, 2.24) is 20.1 Å². The van der Waals surface area contributed by atoms with Crippen LogP contribution in [0, 0.1) is 5.92 Å². The van der Waals surface area contributed by atoms with Gasteiger partial charge in [0.25, 0.3) is 0 Å². The summed E-state index contributed by atoms with van der Waals surface area (Å²) in [5, 5.41) is 8.92. The second-order valence-corrected chi connectivity index (χ2v) is 9.55. The van der Waals surface area contributed by atoms with Gasteiger partial charge >= 0.3 is 0 Å². The predicted octanol–water partition coefficient (Wildman–Crippen LogP) is 4.00. The first-order chi connectivity index (χ1) is 14.0. The lowest BCUT2D eigenvalue weighted by Gasteiger charge is -2.39. The third-order valence-corrected chi connectivity index (χ3v) is 7.61. The van der Waals surface area contributed by atoms with E-state index in [1.54, 1.807) is 18.4 Å². The molecule has 1 fully saturated rings. The molecule has 3 rings (SSSR count). The highest BCUT2D eigenvalue weighted by atomic mass is 32.1. The molecule has 0 radical (unpaired) electrons. The number of guanidine groups is 1. The smallest absolute Gasteiger partial charge is 0.193 e. The average molecular weight is 436 g/mol. The van der Waals surface area contributed by atoms with Gasteiger partial charge in [-0.2, -0.15) is 0 Å². The van der Waals surface area contributed by atoms with Crippen LogP contribution in [0.5, 0.6) is 0 Å². The number of rotatable bonds is 7. The molecule has 160 valence electrons. The minimum atomic E-state index is 0.0361.